The van der Waals surface area contributed by atoms with Crippen molar-refractivity contribution in [3.63, 3.8) is 0 Å². The van der Waals surface area contributed by atoms with Crippen molar-refractivity contribution in [2.45, 2.75) is 25.4 Å². The van der Waals surface area contributed by atoms with Gasteiger partial charge in [-0.1, -0.05) is 6.58 Å². The van der Waals surface area contributed by atoms with Gasteiger partial charge in [0.05, 0.1) is 12.4 Å². The number of aromatic nitrogens is 2. The summed E-state index contributed by atoms with van der Waals surface area (Å²) in [5, 5.41) is 4.71. The average Bonchev–Trinajstić information content (AvgIpc) is 2.71. The molecule has 2 aromatic heterocycles. The van der Waals surface area contributed by atoms with Crippen molar-refractivity contribution in [2.75, 3.05) is 11.9 Å². The molecule has 0 aromatic carbocycles. The molecule has 0 spiro atoms. The normalized spacial score (nSPS) is 11.5. The fourth-order valence-corrected chi connectivity index (χ4v) is 2.20. The first-order valence-electron chi connectivity index (χ1n) is 8.97. The van der Waals surface area contributed by atoms with Crippen LogP contribution in [-0.4, -0.2) is 34.8 Å². The summed E-state index contributed by atoms with van der Waals surface area (Å²) in [6, 6.07) is 3.80. The van der Waals surface area contributed by atoms with Crippen molar-refractivity contribution < 1.29 is 45.4 Å². The predicted molar refractivity (Wildman–Crippen MR) is 101 cm³/mol. The minimum atomic E-state index is -4.86. The second-order valence-electron chi connectivity index (χ2n) is 6.29. The highest BCUT2D eigenvalue weighted by Crippen LogP contribution is 2.28. The standard InChI is InChI=1S/C19H16F6N4O4/c1-11(28-17(31)10-32-12-3-5-14(26-8-12)18(20,21)22)2-7-16(30)29-15-6-4-13(9-27-15)33-19(23,24)25/h3-6,8-9H,1-2,7,10H2,(H,28,31)(H,27,29,30). The van der Waals surface area contributed by atoms with Gasteiger partial charge in [0.2, 0.25) is 5.91 Å². The molecule has 0 saturated heterocycles. The van der Waals surface area contributed by atoms with Crippen molar-refractivity contribution in [3.05, 3.63) is 54.6 Å². The van der Waals surface area contributed by atoms with Crippen LogP contribution in [0.25, 0.3) is 0 Å². The summed E-state index contributed by atoms with van der Waals surface area (Å²) in [4.78, 5) is 30.5. The van der Waals surface area contributed by atoms with Crippen LogP contribution in [0.2, 0.25) is 0 Å². The molecule has 0 unspecified atom stereocenters. The Bertz CT molecular complexity index is 976. The molecular weight excluding hydrogens is 462 g/mol. The third-order valence-electron chi connectivity index (χ3n) is 3.60. The quantitative estimate of drug-likeness (QED) is 0.532. The van der Waals surface area contributed by atoms with E-state index in [0.29, 0.717) is 6.07 Å². The molecule has 2 heterocycles. The third kappa shape index (κ3) is 9.45. The van der Waals surface area contributed by atoms with E-state index in [1.165, 1.54) is 0 Å². The molecule has 0 bridgehead atoms. The van der Waals surface area contributed by atoms with Crippen LogP contribution < -0.4 is 20.1 Å². The lowest BCUT2D eigenvalue weighted by atomic mass is 10.2. The minimum absolute atomic E-state index is 0.0114. The van der Waals surface area contributed by atoms with Gasteiger partial charge in [-0.3, -0.25) is 9.59 Å². The topological polar surface area (TPSA) is 102 Å². The van der Waals surface area contributed by atoms with Crippen LogP contribution in [0.1, 0.15) is 18.5 Å². The van der Waals surface area contributed by atoms with Gasteiger partial charge < -0.3 is 20.1 Å². The Balaban J connectivity index is 1.70. The lowest BCUT2D eigenvalue weighted by molar-refractivity contribution is -0.274. The monoisotopic (exact) mass is 478 g/mol. The Morgan fingerprint density at radius 1 is 0.909 bits per heavy atom. The van der Waals surface area contributed by atoms with E-state index in [0.717, 1.165) is 30.6 Å². The Kier molecular flexibility index (Phi) is 8.21. The molecule has 0 saturated carbocycles. The molecule has 8 nitrogen and oxygen atoms in total. The first kappa shape index (κ1) is 25.4. The molecule has 0 aliphatic rings. The number of rotatable bonds is 9. The Morgan fingerprint density at radius 3 is 2.12 bits per heavy atom. The second-order valence-corrected chi connectivity index (χ2v) is 6.29. The summed E-state index contributed by atoms with van der Waals surface area (Å²) in [6.07, 6.45) is -7.96. The number of halogens is 6. The smallest absolute Gasteiger partial charge is 0.482 e. The van der Waals surface area contributed by atoms with E-state index in [9.17, 15) is 35.9 Å². The SMILES string of the molecule is C=C(CCC(=O)Nc1ccc(OC(F)(F)F)cn1)NC(=O)COc1ccc(C(F)(F)F)nc1. The maximum absolute atomic E-state index is 12.4. The van der Waals surface area contributed by atoms with Crippen molar-refractivity contribution in [1.29, 1.82) is 0 Å². The zero-order chi connectivity index (χ0) is 24.6. The number of hydrogen-bond donors (Lipinski definition) is 2. The molecule has 2 N–H and O–H groups in total. The Hall–Kier alpha value is -3.84. The number of amides is 2. The number of nitrogens with zero attached hydrogens (tertiary/aromatic N) is 2. The maximum Gasteiger partial charge on any atom is 0.573 e. The minimum Gasteiger partial charge on any atom is -0.482 e. The average molecular weight is 478 g/mol. The van der Waals surface area contributed by atoms with Gasteiger partial charge in [-0.05, 0) is 30.7 Å². The van der Waals surface area contributed by atoms with E-state index in [1.54, 1.807) is 0 Å². The number of ether oxygens (including phenoxy) is 2. The molecule has 0 fully saturated rings. The fraction of sp³-hybridized carbons (Fsp3) is 0.263. The molecule has 0 radical (unpaired) electrons. The van der Waals surface area contributed by atoms with Gasteiger partial charge in [-0.25, -0.2) is 9.97 Å². The molecular formula is C19H16F6N4O4. The first-order valence-corrected chi connectivity index (χ1v) is 8.97. The summed E-state index contributed by atoms with van der Waals surface area (Å²) in [5.41, 5.74) is -0.946. The van der Waals surface area contributed by atoms with E-state index in [2.05, 4.69) is 31.9 Å². The largest absolute Gasteiger partial charge is 0.573 e. The van der Waals surface area contributed by atoms with E-state index in [-0.39, 0.29) is 30.1 Å². The Labute approximate surface area is 182 Å². The lowest BCUT2D eigenvalue weighted by Crippen LogP contribution is -2.28. The van der Waals surface area contributed by atoms with Crippen molar-refractivity contribution in [1.82, 2.24) is 15.3 Å². The van der Waals surface area contributed by atoms with Crippen molar-refractivity contribution in [2.24, 2.45) is 0 Å². The predicted octanol–water partition coefficient (Wildman–Crippen LogP) is 3.82. The summed E-state index contributed by atoms with van der Waals surface area (Å²) in [7, 11) is 0. The molecule has 0 aliphatic carbocycles. The summed E-state index contributed by atoms with van der Waals surface area (Å²) in [5.74, 6) is -1.83. The molecule has 2 amide bonds. The van der Waals surface area contributed by atoms with E-state index < -0.39 is 42.4 Å². The van der Waals surface area contributed by atoms with Crippen LogP contribution in [0.15, 0.2) is 48.9 Å². The first-order chi connectivity index (χ1) is 15.3. The molecule has 0 aliphatic heterocycles. The fourth-order valence-electron chi connectivity index (χ4n) is 2.20. The molecule has 2 aromatic rings. The van der Waals surface area contributed by atoms with Crippen LogP contribution in [-0.2, 0) is 15.8 Å². The van der Waals surface area contributed by atoms with E-state index in [1.807, 2.05) is 0 Å². The molecule has 0 atom stereocenters. The number of pyridine rings is 2. The zero-order valence-corrected chi connectivity index (χ0v) is 16.6. The Morgan fingerprint density at radius 2 is 1.58 bits per heavy atom. The second kappa shape index (κ2) is 10.7. The number of hydrogen-bond acceptors (Lipinski definition) is 6. The highest BCUT2D eigenvalue weighted by Gasteiger charge is 2.32. The zero-order valence-electron chi connectivity index (χ0n) is 16.6. The van der Waals surface area contributed by atoms with Crippen LogP contribution in [0.3, 0.4) is 0 Å². The lowest BCUT2D eigenvalue weighted by Gasteiger charge is -2.11. The van der Waals surface area contributed by atoms with Crippen LogP contribution >= 0.6 is 0 Å². The van der Waals surface area contributed by atoms with Crippen LogP contribution in [0.4, 0.5) is 32.2 Å². The van der Waals surface area contributed by atoms with Gasteiger partial charge >= 0.3 is 12.5 Å². The van der Waals surface area contributed by atoms with E-state index in [4.69, 9.17) is 4.74 Å². The highest BCUT2D eigenvalue weighted by molar-refractivity contribution is 5.90. The van der Waals surface area contributed by atoms with Gasteiger partial charge in [0.1, 0.15) is 23.0 Å². The number of carbonyl (C=O) groups excluding carboxylic acids is 2. The van der Waals surface area contributed by atoms with Gasteiger partial charge in [-0.15, -0.1) is 13.2 Å². The molecule has 178 valence electrons. The number of allylic oxidation sites excluding steroid dienone is 1. The van der Waals surface area contributed by atoms with Gasteiger partial charge in [0.25, 0.3) is 5.91 Å². The molecule has 14 heteroatoms. The van der Waals surface area contributed by atoms with Crippen LogP contribution in [0, 0.1) is 0 Å². The third-order valence-corrected chi connectivity index (χ3v) is 3.60. The van der Waals surface area contributed by atoms with Crippen molar-refractivity contribution >= 4 is 17.6 Å². The van der Waals surface area contributed by atoms with Crippen LogP contribution in [0.5, 0.6) is 11.5 Å². The highest BCUT2D eigenvalue weighted by atomic mass is 19.4. The van der Waals surface area contributed by atoms with Crippen molar-refractivity contribution in [3.8, 4) is 11.5 Å². The van der Waals surface area contributed by atoms with Gasteiger partial charge in [-0.2, -0.15) is 13.2 Å². The molecule has 33 heavy (non-hydrogen) atoms. The number of alkyl halides is 6. The summed E-state index contributed by atoms with van der Waals surface area (Å²) >= 11 is 0. The van der Waals surface area contributed by atoms with Gasteiger partial charge in [0.15, 0.2) is 6.61 Å². The molecule has 2 rings (SSSR count). The number of carbonyl (C=O) groups is 2. The summed E-state index contributed by atoms with van der Waals surface area (Å²) in [6.45, 7) is 3.04. The van der Waals surface area contributed by atoms with E-state index >= 15 is 0 Å². The van der Waals surface area contributed by atoms with Gasteiger partial charge in [0, 0.05) is 12.1 Å². The number of nitrogens with one attached hydrogen (secondary N) is 2. The number of anilines is 1. The summed E-state index contributed by atoms with van der Waals surface area (Å²) < 4.78 is 82.3. The maximum atomic E-state index is 12.4.